The molecule has 2 aromatic rings. The van der Waals surface area contributed by atoms with Crippen LogP contribution in [0.2, 0.25) is 5.02 Å². The van der Waals surface area contributed by atoms with Crippen molar-refractivity contribution in [3.63, 3.8) is 0 Å². The van der Waals surface area contributed by atoms with Crippen LogP contribution in [0.1, 0.15) is 11.1 Å². The lowest BCUT2D eigenvalue weighted by molar-refractivity contribution is -0.120. The Morgan fingerprint density at radius 3 is 2.32 bits per heavy atom. The summed E-state index contributed by atoms with van der Waals surface area (Å²) >= 11 is 6.05. The van der Waals surface area contributed by atoms with Crippen LogP contribution in [0, 0.1) is 0 Å². The minimum atomic E-state index is -0.0443. The molecule has 0 saturated heterocycles. The normalized spacial score (nSPS) is 10.1. The quantitative estimate of drug-likeness (QED) is 0.889. The van der Waals surface area contributed by atoms with E-state index in [1.165, 1.54) is 0 Å². The van der Waals surface area contributed by atoms with Crippen LogP contribution in [0.3, 0.4) is 0 Å². The molecule has 0 unspecified atom stereocenters. The molecule has 116 valence electrons. The first-order valence-corrected chi connectivity index (χ1v) is 7.22. The lowest BCUT2D eigenvalue weighted by atomic mass is 10.1. The molecular formula is C17H18ClNO3. The van der Waals surface area contributed by atoms with Crippen molar-refractivity contribution >= 4 is 17.5 Å². The van der Waals surface area contributed by atoms with Crippen molar-refractivity contribution in [2.24, 2.45) is 0 Å². The number of halogens is 1. The van der Waals surface area contributed by atoms with Crippen molar-refractivity contribution in [3.8, 4) is 11.5 Å². The number of nitrogens with one attached hydrogen (secondary N) is 1. The molecule has 0 fully saturated rings. The molecule has 0 aliphatic carbocycles. The van der Waals surface area contributed by atoms with E-state index in [4.69, 9.17) is 21.1 Å². The maximum Gasteiger partial charge on any atom is 0.224 e. The Bertz CT molecular complexity index is 641. The van der Waals surface area contributed by atoms with Crippen molar-refractivity contribution in [2.45, 2.75) is 13.0 Å². The molecule has 1 N–H and O–H groups in total. The first-order chi connectivity index (χ1) is 10.6. The van der Waals surface area contributed by atoms with E-state index in [0.717, 1.165) is 16.9 Å². The van der Waals surface area contributed by atoms with Gasteiger partial charge in [-0.2, -0.15) is 0 Å². The topological polar surface area (TPSA) is 47.6 Å². The van der Waals surface area contributed by atoms with E-state index in [0.29, 0.717) is 23.7 Å². The smallest absolute Gasteiger partial charge is 0.224 e. The molecule has 1 amide bonds. The van der Waals surface area contributed by atoms with E-state index in [1.807, 2.05) is 30.3 Å². The highest BCUT2D eigenvalue weighted by atomic mass is 35.5. The first kappa shape index (κ1) is 16.2. The fourth-order valence-corrected chi connectivity index (χ4v) is 2.29. The summed E-state index contributed by atoms with van der Waals surface area (Å²) in [4.78, 5) is 11.9. The fourth-order valence-electron chi connectivity index (χ4n) is 2.01. The summed E-state index contributed by atoms with van der Waals surface area (Å²) in [6.45, 7) is 0.429. The lowest BCUT2D eigenvalue weighted by Gasteiger charge is -2.08. The predicted octanol–water partition coefficient (Wildman–Crippen LogP) is 3.22. The van der Waals surface area contributed by atoms with Gasteiger partial charge in [0.05, 0.1) is 25.7 Å². The fraction of sp³-hybridized carbons (Fsp3) is 0.235. The van der Waals surface area contributed by atoms with Crippen molar-refractivity contribution < 1.29 is 14.3 Å². The van der Waals surface area contributed by atoms with Crippen molar-refractivity contribution in [1.82, 2.24) is 5.32 Å². The zero-order chi connectivity index (χ0) is 15.9. The standard InChI is InChI=1S/C17H18ClNO3/c1-21-14-6-3-12(4-7-14)10-17(20)19-11-13-5-8-16(22-2)15(18)9-13/h3-9H,10-11H2,1-2H3,(H,19,20). The zero-order valence-electron chi connectivity index (χ0n) is 12.6. The Balaban J connectivity index is 1.88. The van der Waals surface area contributed by atoms with Gasteiger partial charge in [-0.05, 0) is 35.4 Å². The SMILES string of the molecule is COc1ccc(CC(=O)NCc2ccc(OC)c(Cl)c2)cc1. The highest BCUT2D eigenvalue weighted by Crippen LogP contribution is 2.24. The van der Waals surface area contributed by atoms with Crippen LogP contribution in [-0.2, 0) is 17.8 Å². The predicted molar refractivity (Wildman–Crippen MR) is 86.5 cm³/mol. The van der Waals surface area contributed by atoms with Gasteiger partial charge < -0.3 is 14.8 Å². The summed E-state index contributed by atoms with van der Waals surface area (Å²) < 4.78 is 10.2. The van der Waals surface area contributed by atoms with Crippen LogP contribution in [0.15, 0.2) is 42.5 Å². The molecule has 0 aromatic heterocycles. The second-order valence-corrected chi connectivity index (χ2v) is 5.18. The van der Waals surface area contributed by atoms with Gasteiger partial charge in [0.15, 0.2) is 0 Å². The summed E-state index contributed by atoms with van der Waals surface area (Å²) in [6.07, 6.45) is 0.327. The lowest BCUT2D eigenvalue weighted by Crippen LogP contribution is -2.24. The molecule has 2 rings (SSSR count). The molecule has 0 aliphatic heterocycles. The molecule has 0 aliphatic rings. The van der Waals surface area contributed by atoms with Crippen LogP contribution >= 0.6 is 11.6 Å². The minimum absolute atomic E-state index is 0.0443. The van der Waals surface area contributed by atoms with E-state index in [9.17, 15) is 4.79 Å². The molecular weight excluding hydrogens is 302 g/mol. The molecule has 0 atom stereocenters. The Kier molecular flexibility index (Phi) is 5.67. The number of rotatable bonds is 6. The van der Waals surface area contributed by atoms with Gasteiger partial charge in [0, 0.05) is 6.54 Å². The third-order valence-electron chi connectivity index (χ3n) is 3.23. The molecule has 4 nitrogen and oxygen atoms in total. The average molecular weight is 320 g/mol. The number of benzene rings is 2. The molecule has 0 saturated carbocycles. The molecule has 0 radical (unpaired) electrons. The summed E-state index contributed by atoms with van der Waals surface area (Å²) in [7, 11) is 3.18. The summed E-state index contributed by atoms with van der Waals surface area (Å²) in [5.74, 6) is 1.35. The van der Waals surface area contributed by atoms with Gasteiger partial charge in [-0.1, -0.05) is 29.8 Å². The van der Waals surface area contributed by atoms with Gasteiger partial charge in [0.2, 0.25) is 5.91 Å². The van der Waals surface area contributed by atoms with Crippen LogP contribution < -0.4 is 14.8 Å². The maximum atomic E-state index is 11.9. The second-order valence-electron chi connectivity index (χ2n) is 4.77. The summed E-state index contributed by atoms with van der Waals surface area (Å²) in [5.41, 5.74) is 1.86. The molecule has 2 aromatic carbocycles. The van der Waals surface area contributed by atoms with E-state index >= 15 is 0 Å². The monoisotopic (exact) mass is 319 g/mol. The molecule has 0 heterocycles. The van der Waals surface area contributed by atoms with Crippen molar-refractivity contribution in [3.05, 3.63) is 58.6 Å². The van der Waals surface area contributed by atoms with Gasteiger partial charge in [0.25, 0.3) is 0 Å². The minimum Gasteiger partial charge on any atom is -0.497 e. The highest BCUT2D eigenvalue weighted by Gasteiger charge is 2.06. The van der Waals surface area contributed by atoms with Gasteiger partial charge in [-0.15, -0.1) is 0 Å². The number of methoxy groups -OCH3 is 2. The van der Waals surface area contributed by atoms with Crippen LogP contribution in [0.5, 0.6) is 11.5 Å². The number of carbonyl (C=O) groups is 1. The Morgan fingerprint density at radius 1 is 1.05 bits per heavy atom. The van der Waals surface area contributed by atoms with E-state index < -0.39 is 0 Å². The van der Waals surface area contributed by atoms with Crippen LogP contribution in [-0.4, -0.2) is 20.1 Å². The second kappa shape index (κ2) is 7.71. The van der Waals surface area contributed by atoms with Crippen molar-refractivity contribution in [1.29, 1.82) is 0 Å². The number of carbonyl (C=O) groups excluding carboxylic acids is 1. The Labute approximate surface area is 135 Å². The average Bonchev–Trinajstić information content (AvgIpc) is 2.54. The van der Waals surface area contributed by atoms with Gasteiger partial charge in [0.1, 0.15) is 11.5 Å². The summed E-state index contributed by atoms with van der Waals surface area (Å²) in [6, 6.07) is 12.9. The van der Waals surface area contributed by atoms with Gasteiger partial charge in [-0.25, -0.2) is 0 Å². The maximum absolute atomic E-state index is 11.9. The highest BCUT2D eigenvalue weighted by molar-refractivity contribution is 6.32. The van der Waals surface area contributed by atoms with Crippen LogP contribution in [0.4, 0.5) is 0 Å². The first-order valence-electron chi connectivity index (χ1n) is 6.84. The number of amides is 1. The Morgan fingerprint density at radius 2 is 1.73 bits per heavy atom. The van der Waals surface area contributed by atoms with E-state index in [-0.39, 0.29) is 5.91 Å². The number of hydrogen-bond donors (Lipinski definition) is 1. The Hall–Kier alpha value is -2.20. The van der Waals surface area contributed by atoms with E-state index in [2.05, 4.69) is 5.32 Å². The largest absolute Gasteiger partial charge is 0.497 e. The molecule has 0 bridgehead atoms. The molecule has 0 spiro atoms. The van der Waals surface area contributed by atoms with Gasteiger partial charge >= 0.3 is 0 Å². The van der Waals surface area contributed by atoms with Crippen LogP contribution in [0.25, 0.3) is 0 Å². The number of hydrogen-bond acceptors (Lipinski definition) is 3. The van der Waals surface area contributed by atoms with Crippen molar-refractivity contribution in [2.75, 3.05) is 14.2 Å². The summed E-state index contributed by atoms with van der Waals surface area (Å²) in [5, 5.41) is 3.40. The third kappa shape index (κ3) is 4.40. The van der Waals surface area contributed by atoms with E-state index in [1.54, 1.807) is 26.4 Å². The zero-order valence-corrected chi connectivity index (χ0v) is 13.3. The number of ether oxygens (including phenoxy) is 2. The third-order valence-corrected chi connectivity index (χ3v) is 3.52. The molecule has 22 heavy (non-hydrogen) atoms. The van der Waals surface area contributed by atoms with Gasteiger partial charge in [-0.3, -0.25) is 4.79 Å². The molecule has 5 heteroatoms.